The summed E-state index contributed by atoms with van der Waals surface area (Å²) in [6, 6.07) is 1.12. The van der Waals surface area contributed by atoms with Crippen molar-refractivity contribution in [2.75, 3.05) is 46.4 Å². The van der Waals surface area contributed by atoms with Gasteiger partial charge in [0, 0.05) is 63.5 Å². The summed E-state index contributed by atoms with van der Waals surface area (Å²) in [4.78, 5) is 28.0. The quantitative estimate of drug-likeness (QED) is 0.717. The van der Waals surface area contributed by atoms with Gasteiger partial charge >= 0.3 is 6.01 Å². The molecule has 0 aromatic carbocycles. The summed E-state index contributed by atoms with van der Waals surface area (Å²) in [6.07, 6.45) is 10.3. The zero-order valence-electron chi connectivity index (χ0n) is 17.5. The van der Waals surface area contributed by atoms with Crippen molar-refractivity contribution in [2.24, 2.45) is 0 Å². The summed E-state index contributed by atoms with van der Waals surface area (Å²) in [7, 11) is 1.55. The summed E-state index contributed by atoms with van der Waals surface area (Å²) in [5.41, 5.74) is 3.06. The van der Waals surface area contributed by atoms with Crippen LogP contribution in [0.25, 0.3) is 5.69 Å². The molecule has 30 heavy (non-hydrogen) atoms. The third-order valence-electron chi connectivity index (χ3n) is 6.61. The van der Waals surface area contributed by atoms with Gasteiger partial charge in [-0.2, -0.15) is 5.10 Å². The van der Waals surface area contributed by atoms with E-state index in [1.54, 1.807) is 19.5 Å². The van der Waals surface area contributed by atoms with E-state index < -0.39 is 0 Å². The Balaban J connectivity index is 1.16. The van der Waals surface area contributed by atoms with E-state index in [-0.39, 0.29) is 5.91 Å². The smallest absolute Gasteiger partial charge is 0.316 e. The number of carbonyl (C=O) groups is 1. The van der Waals surface area contributed by atoms with Gasteiger partial charge in [-0.15, -0.1) is 0 Å². The molecule has 0 spiro atoms. The molecule has 1 saturated carbocycles. The fraction of sp³-hybridized carbons (Fsp3) is 0.619. The number of nitrogens with zero attached hydrogens (tertiary/aromatic N) is 7. The van der Waals surface area contributed by atoms with Gasteiger partial charge in [0.1, 0.15) is 5.69 Å². The highest BCUT2D eigenvalue weighted by Gasteiger charge is 2.30. The van der Waals surface area contributed by atoms with E-state index in [2.05, 4.69) is 24.9 Å². The first-order valence-electron chi connectivity index (χ1n) is 10.9. The number of piperazine rings is 1. The first kappa shape index (κ1) is 19.4. The molecule has 4 heterocycles. The van der Waals surface area contributed by atoms with Gasteiger partial charge in [0.05, 0.1) is 31.7 Å². The van der Waals surface area contributed by atoms with Gasteiger partial charge in [-0.25, -0.2) is 14.6 Å². The molecule has 2 fully saturated rings. The number of amides is 1. The van der Waals surface area contributed by atoms with Gasteiger partial charge < -0.3 is 9.64 Å². The number of ether oxygens (including phenoxy) is 1. The van der Waals surface area contributed by atoms with Crippen molar-refractivity contribution in [3.05, 3.63) is 29.8 Å². The van der Waals surface area contributed by atoms with Crippen LogP contribution in [-0.4, -0.2) is 92.8 Å². The lowest BCUT2D eigenvalue weighted by atomic mass is 9.91. The van der Waals surface area contributed by atoms with Crippen LogP contribution in [0.5, 0.6) is 6.01 Å². The van der Waals surface area contributed by atoms with E-state index >= 15 is 0 Å². The van der Waals surface area contributed by atoms with Crippen molar-refractivity contribution >= 4 is 5.91 Å². The molecule has 160 valence electrons. The van der Waals surface area contributed by atoms with Crippen LogP contribution in [0.15, 0.2) is 18.6 Å². The second-order valence-electron chi connectivity index (χ2n) is 8.44. The van der Waals surface area contributed by atoms with E-state index in [0.29, 0.717) is 12.6 Å². The number of hydrogen-bond donors (Lipinski definition) is 0. The standard InChI is InChI=1S/C21H29N7O2/c1-30-21-22-11-18(12-23-21)28-14-16-13-25(6-5-19(16)24-28)15-20(29)27-9-7-26(8-10-27)17-3-2-4-17/h11-12,14,17H,2-10,13,15H2,1H3. The molecular weight excluding hydrogens is 382 g/mol. The number of aromatic nitrogens is 4. The Bertz CT molecular complexity index is 885. The molecule has 1 amide bonds. The van der Waals surface area contributed by atoms with Crippen LogP contribution in [0.3, 0.4) is 0 Å². The van der Waals surface area contributed by atoms with E-state index in [4.69, 9.17) is 4.74 Å². The molecule has 3 aliphatic rings. The summed E-state index contributed by atoms with van der Waals surface area (Å²) >= 11 is 0. The summed E-state index contributed by atoms with van der Waals surface area (Å²) < 4.78 is 6.83. The number of carbonyl (C=O) groups excluding carboxylic acids is 1. The number of fused-ring (bicyclic) bond motifs is 1. The molecule has 0 bridgehead atoms. The molecule has 2 aromatic heterocycles. The maximum Gasteiger partial charge on any atom is 0.316 e. The summed E-state index contributed by atoms with van der Waals surface area (Å²) in [6.45, 7) is 5.87. The molecule has 0 unspecified atom stereocenters. The molecule has 0 N–H and O–H groups in total. The Hall–Kier alpha value is -2.52. The van der Waals surface area contributed by atoms with Crippen LogP contribution in [0.2, 0.25) is 0 Å². The van der Waals surface area contributed by atoms with Crippen molar-refractivity contribution in [3.8, 4) is 11.7 Å². The largest absolute Gasteiger partial charge is 0.467 e. The van der Waals surface area contributed by atoms with Gasteiger partial charge in [-0.05, 0) is 12.8 Å². The highest BCUT2D eigenvalue weighted by molar-refractivity contribution is 5.78. The fourth-order valence-electron chi connectivity index (χ4n) is 4.55. The maximum atomic E-state index is 12.8. The zero-order chi connectivity index (χ0) is 20.5. The minimum atomic E-state index is 0.252. The molecule has 5 rings (SSSR count). The van der Waals surface area contributed by atoms with Gasteiger partial charge in [0.15, 0.2) is 0 Å². The Morgan fingerprint density at radius 2 is 1.90 bits per heavy atom. The minimum Gasteiger partial charge on any atom is -0.467 e. The van der Waals surface area contributed by atoms with Crippen molar-refractivity contribution in [2.45, 2.75) is 38.3 Å². The van der Waals surface area contributed by atoms with Crippen LogP contribution in [-0.2, 0) is 17.8 Å². The molecule has 0 radical (unpaired) electrons. The molecule has 9 nitrogen and oxygen atoms in total. The number of methoxy groups -OCH3 is 1. The monoisotopic (exact) mass is 411 g/mol. The van der Waals surface area contributed by atoms with E-state index in [0.717, 1.165) is 63.1 Å². The van der Waals surface area contributed by atoms with Gasteiger partial charge in [0.2, 0.25) is 5.91 Å². The summed E-state index contributed by atoms with van der Waals surface area (Å²) in [5, 5.41) is 4.69. The van der Waals surface area contributed by atoms with Gasteiger partial charge in [-0.1, -0.05) is 6.42 Å². The molecule has 2 aliphatic heterocycles. The van der Waals surface area contributed by atoms with Crippen LogP contribution < -0.4 is 4.74 Å². The second-order valence-corrected chi connectivity index (χ2v) is 8.44. The van der Waals surface area contributed by atoms with Crippen molar-refractivity contribution in [1.82, 2.24) is 34.4 Å². The lowest BCUT2D eigenvalue weighted by Gasteiger charge is -2.43. The molecule has 2 aromatic rings. The van der Waals surface area contributed by atoms with Crippen LogP contribution in [0.4, 0.5) is 0 Å². The molecule has 1 saturated heterocycles. The Kier molecular flexibility index (Phi) is 5.39. The van der Waals surface area contributed by atoms with Crippen LogP contribution >= 0.6 is 0 Å². The Morgan fingerprint density at radius 3 is 2.57 bits per heavy atom. The third kappa shape index (κ3) is 3.91. The highest BCUT2D eigenvalue weighted by atomic mass is 16.5. The zero-order valence-corrected chi connectivity index (χ0v) is 17.5. The highest BCUT2D eigenvalue weighted by Crippen LogP contribution is 2.25. The normalized spacial score (nSPS) is 20.6. The first-order valence-corrected chi connectivity index (χ1v) is 10.9. The second kappa shape index (κ2) is 8.31. The summed E-state index contributed by atoms with van der Waals surface area (Å²) in [5.74, 6) is 0.252. The Morgan fingerprint density at radius 1 is 1.13 bits per heavy atom. The predicted molar refractivity (Wildman–Crippen MR) is 110 cm³/mol. The average Bonchev–Trinajstić information content (AvgIpc) is 3.16. The SMILES string of the molecule is COc1ncc(-n2cc3c(n2)CCN(CC(=O)N2CCN(C4CCC4)CC2)C3)cn1. The van der Waals surface area contributed by atoms with E-state index in [1.165, 1.54) is 24.8 Å². The molecule has 1 aliphatic carbocycles. The van der Waals surface area contributed by atoms with Crippen LogP contribution in [0, 0.1) is 0 Å². The number of rotatable bonds is 5. The Labute approximate surface area is 176 Å². The van der Waals surface area contributed by atoms with Gasteiger partial charge in [0.25, 0.3) is 0 Å². The molecule has 0 atom stereocenters. The van der Waals surface area contributed by atoms with E-state index in [1.807, 2.05) is 15.8 Å². The van der Waals surface area contributed by atoms with E-state index in [9.17, 15) is 4.79 Å². The first-order chi connectivity index (χ1) is 14.7. The van der Waals surface area contributed by atoms with Gasteiger partial charge in [-0.3, -0.25) is 14.6 Å². The average molecular weight is 412 g/mol. The van der Waals surface area contributed by atoms with Crippen molar-refractivity contribution in [1.29, 1.82) is 0 Å². The maximum absolute atomic E-state index is 12.8. The molecular formula is C21H29N7O2. The topological polar surface area (TPSA) is 79.6 Å². The minimum absolute atomic E-state index is 0.252. The lowest BCUT2D eigenvalue weighted by molar-refractivity contribution is -0.135. The van der Waals surface area contributed by atoms with Crippen LogP contribution in [0.1, 0.15) is 30.5 Å². The van der Waals surface area contributed by atoms with Crippen molar-refractivity contribution in [3.63, 3.8) is 0 Å². The predicted octanol–water partition coefficient (Wildman–Crippen LogP) is 0.726. The van der Waals surface area contributed by atoms with Crippen molar-refractivity contribution < 1.29 is 9.53 Å². The fourth-order valence-corrected chi connectivity index (χ4v) is 4.55. The number of hydrogen-bond acceptors (Lipinski definition) is 7. The lowest BCUT2D eigenvalue weighted by Crippen LogP contribution is -2.55. The molecule has 9 heteroatoms. The third-order valence-corrected chi connectivity index (χ3v) is 6.61.